The number of benzene rings is 1. The van der Waals surface area contributed by atoms with Gasteiger partial charge in [0.25, 0.3) is 0 Å². The van der Waals surface area contributed by atoms with E-state index in [0.717, 1.165) is 43.7 Å². The third-order valence-corrected chi connectivity index (χ3v) is 6.30. The van der Waals surface area contributed by atoms with Crippen LogP contribution in [-0.2, 0) is 4.79 Å². The number of amides is 1. The number of likely N-dealkylation sites (tertiary alicyclic amines) is 1. The predicted octanol–water partition coefficient (Wildman–Crippen LogP) is 4.85. The van der Waals surface area contributed by atoms with Gasteiger partial charge in [-0.15, -0.1) is 11.3 Å². The molecule has 1 amide bonds. The quantitative estimate of drug-likeness (QED) is 0.791. The van der Waals surface area contributed by atoms with Crippen molar-refractivity contribution in [3.63, 3.8) is 0 Å². The minimum atomic E-state index is 0.169. The van der Waals surface area contributed by atoms with E-state index in [1.165, 1.54) is 17.7 Å². The number of anilines is 1. The molecule has 2 heterocycles. The Labute approximate surface area is 159 Å². The van der Waals surface area contributed by atoms with Crippen LogP contribution in [-0.4, -0.2) is 30.0 Å². The van der Waals surface area contributed by atoms with E-state index in [-0.39, 0.29) is 11.9 Å². The maximum atomic E-state index is 12.7. The SMILES string of the molecule is O=C(CNc1cccc(OC2CCCC2)c1)N1CCC[C@H]1c1cccs1. The van der Waals surface area contributed by atoms with Crippen LogP contribution >= 0.6 is 11.3 Å². The fourth-order valence-corrected chi connectivity index (χ4v) is 4.87. The molecule has 1 N–H and O–H groups in total. The summed E-state index contributed by atoms with van der Waals surface area (Å²) in [6.45, 7) is 1.18. The molecule has 1 aromatic heterocycles. The van der Waals surface area contributed by atoms with Crippen molar-refractivity contribution in [2.75, 3.05) is 18.4 Å². The first-order chi connectivity index (χ1) is 12.8. The van der Waals surface area contributed by atoms with E-state index in [1.807, 2.05) is 29.2 Å². The highest BCUT2D eigenvalue weighted by Crippen LogP contribution is 2.34. The van der Waals surface area contributed by atoms with Crippen molar-refractivity contribution < 1.29 is 9.53 Å². The molecule has 0 unspecified atom stereocenters. The Kier molecular flexibility index (Phi) is 5.44. The zero-order chi connectivity index (χ0) is 17.8. The molecule has 4 rings (SSSR count). The van der Waals surface area contributed by atoms with Crippen LogP contribution < -0.4 is 10.1 Å². The Morgan fingerprint density at radius 1 is 1.15 bits per heavy atom. The zero-order valence-corrected chi connectivity index (χ0v) is 15.8. The van der Waals surface area contributed by atoms with Gasteiger partial charge in [-0.3, -0.25) is 4.79 Å². The highest BCUT2D eigenvalue weighted by molar-refractivity contribution is 7.10. The Morgan fingerprint density at radius 3 is 2.85 bits per heavy atom. The Balaban J connectivity index is 1.34. The summed E-state index contributed by atoms with van der Waals surface area (Å²) in [5.41, 5.74) is 0.945. The molecule has 5 heteroatoms. The molecule has 1 saturated carbocycles. The maximum Gasteiger partial charge on any atom is 0.242 e. The van der Waals surface area contributed by atoms with Gasteiger partial charge in [-0.25, -0.2) is 0 Å². The molecular formula is C21H26N2O2S. The normalized spacial score (nSPS) is 20.5. The summed E-state index contributed by atoms with van der Waals surface area (Å²) in [5, 5.41) is 5.37. The standard InChI is InChI=1S/C21H26N2O2S/c24-21(23-12-4-10-19(23)20-11-5-13-26-20)15-22-16-6-3-9-18(14-16)25-17-7-1-2-8-17/h3,5-6,9,11,13-14,17,19,22H,1-2,4,7-8,10,12,15H2/t19-/m0/s1. The highest BCUT2D eigenvalue weighted by Gasteiger charge is 2.30. The topological polar surface area (TPSA) is 41.6 Å². The number of carbonyl (C=O) groups is 1. The number of hydrogen-bond donors (Lipinski definition) is 1. The van der Waals surface area contributed by atoms with Crippen LogP contribution in [0, 0.1) is 0 Å². The average Bonchev–Trinajstić information content (AvgIpc) is 3.41. The minimum Gasteiger partial charge on any atom is -0.490 e. The van der Waals surface area contributed by atoms with Gasteiger partial charge in [0.15, 0.2) is 0 Å². The lowest BCUT2D eigenvalue weighted by molar-refractivity contribution is -0.130. The second-order valence-corrected chi connectivity index (χ2v) is 8.15. The van der Waals surface area contributed by atoms with E-state index in [4.69, 9.17) is 4.74 Å². The van der Waals surface area contributed by atoms with Crippen molar-refractivity contribution in [1.29, 1.82) is 0 Å². The summed E-state index contributed by atoms with van der Waals surface area (Å²) in [7, 11) is 0. The average molecular weight is 371 g/mol. The van der Waals surface area contributed by atoms with E-state index >= 15 is 0 Å². The van der Waals surface area contributed by atoms with Crippen molar-refractivity contribution in [2.45, 2.75) is 50.7 Å². The molecule has 0 bridgehead atoms. The summed E-state index contributed by atoms with van der Waals surface area (Å²) in [6.07, 6.45) is 7.32. The molecule has 1 aromatic carbocycles. The third kappa shape index (κ3) is 4.04. The molecule has 2 aromatic rings. The van der Waals surface area contributed by atoms with Crippen LogP contribution in [0.5, 0.6) is 5.75 Å². The largest absolute Gasteiger partial charge is 0.490 e. The van der Waals surface area contributed by atoms with Gasteiger partial charge in [-0.1, -0.05) is 12.1 Å². The van der Waals surface area contributed by atoms with Crippen LogP contribution in [0.15, 0.2) is 41.8 Å². The first-order valence-electron chi connectivity index (χ1n) is 9.63. The summed E-state index contributed by atoms with van der Waals surface area (Å²) in [5.74, 6) is 1.06. The molecular weight excluding hydrogens is 344 g/mol. The molecule has 2 fully saturated rings. The Morgan fingerprint density at radius 2 is 2.04 bits per heavy atom. The van der Waals surface area contributed by atoms with Crippen molar-refractivity contribution >= 4 is 22.9 Å². The van der Waals surface area contributed by atoms with Crippen LogP contribution in [0.25, 0.3) is 0 Å². The molecule has 2 aliphatic rings. The number of hydrogen-bond acceptors (Lipinski definition) is 4. The summed E-state index contributed by atoms with van der Waals surface area (Å²) >= 11 is 1.74. The first-order valence-corrected chi connectivity index (χ1v) is 10.5. The molecule has 1 aliphatic carbocycles. The second-order valence-electron chi connectivity index (χ2n) is 7.17. The monoisotopic (exact) mass is 370 g/mol. The lowest BCUT2D eigenvalue weighted by Gasteiger charge is -2.24. The fraction of sp³-hybridized carbons (Fsp3) is 0.476. The molecule has 0 radical (unpaired) electrons. The summed E-state index contributed by atoms with van der Waals surface area (Å²) in [4.78, 5) is 16.0. The van der Waals surface area contributed by atoms with Crippen molar-refractivity contribution in [3.8, 4) is 5.75 Å². The molecule has 138 valence electrons. The second kappa shape index (κ2) is 8.12. The van der Waals surface area contributed by atoms with Gasteiger partial charge in [0, 0.05) is 23.2 Å². The Hall–Kier alpha value is -2.01. The Bertz CT molecular complexity index is 725. The van der Waals surface area contributed by atoms with Gasteiger partial charge in [-0.05, 0) is 62.1 Å². The minimum absolute atomic E-state index is 0.169. The highest BCUT2D eigenvalue weighted by atomic mass is 32.1. The van der Waals surface area contributed by atoms with Gasteiger partial charge >= 0.3 is 0 Å². The van der Waals surface area contributed by atoms with E-state index in [1.54, 1.807) is 11.3 Å². The molecule has 26 heavy (non-hydrogen) atoms. The number of thiophene rings is 1. The van der Waals surface area contributed by atoms with Crippen molar-refractivity contribution in [2.24, 2.45) is 0 Å². The van der Waals surface area contributed by atoms with Crippen molar-refractivity contribution in [1.82, 2.24) is 4.90 Å². The third-order valence-electron chi connectivity index (χ3n) is 5.33. The lowest BCUT2D eigenvalue weighted by atomic mass is 10.2. The first kappa shape index (κ1) is 17.4. The number of ether oxygens (including phenoxy) is 1. The van der Waals surface area contributed by atoms with Gasteiger partial charge in [-0.2, -0.15) is 0 Å². The van der Waals surface area contributed by atoms with Crippen LogP contribution in [0.4, 0.5) is 5.69 Å². The number of nitrogens with one attached hydrogen (secondary N) is 1. The predicted molar refractivity (Wildman–Crippen MR) is 106 cm³/mol. The van der Waals surface area contributed by atoms with Crippen molar-refractivity contribution in [3.05, 3.63) is 46.7 Å². The van der Waals surface area contributed by atoms with Gasteiger partial charge < -0.3 is 15.0 Å². The zero-order valence-electron chi connectivity index (χ0n) is 15.0. The van der Waals surface area contributed by atoms with Crippen LogP contribution in [0.2, 0.25) is 0 Å². The van der Waals surface area contributed by atoms with Crippen LogP contribution in [0.1, 0.15) is 49.4 Å². The van der Waals surface area contributed by atoms with Gasteiger partial charge in [0.2, 0.25) is 5.91 Å². The maximum absolute atomic E-state index is 12.7. The summed E-state index contributed by atoms with van der Waals surface area (Å²) in [6, 6.07) is 12.4. The molecule has 1 aliphatic heterocycles. The number of nitrogens with zero attached hydrogens (tertiary/aromatic N) is 1. The lowest BCUT2D eigenvalue weighted by Crippen LogP contribution is -2.34. The number of rotatable bonds is 6. The number of carbonyl (C=O) groups excluding carboxylic acids is 1. The van der Waals surface area contributed by atoms with E-state index < -0.39 is 0 Å². The summed E-state index contributed by atoms with van der Waals surface area (Å²) < 4.78 is 6.05. The van der Waals surface area contributed by atoms with Gasteiger partial charge in [0.05, 0.1) is 18.7 Å². The molecule has 4 nitrogen and oxygen atoms in total. The molecule has 0 spiro atoms. The van der Waals surface area contributed by atoms with E-state index in [2.05, 4.69) is 22.8 Å². The van der Waals surface area contributed by atoms with E-state index in [9.17, 15) is 4.79 Å². The van der Waals surface area contributed by atoms with Gasteiger partial charge in [0.1, 0.15) is 5.75 Å². The fourth-order valence-electron chi connectivity index (χ4n) is 4.00. The van der Waals surface area contributed by atoms with E-state index in [0.29, 0.717) is 12.6 Å². The molecule has 1 atom stereocenters. The molecule has 1 saturated heterocycles. The smallest absolute Gasteiger partial charge is 0.242 e. The van der Waals surface area contributed by atoms with Crippen LogP contribution in [0.3, 0.4) is 0 Å².